The Balaban J connectivity index is 4.59. The van der Waals surface area contributed by atoms with E-state index in [4.69, 9.17) is 14.6 Å². The molecule has 0 aromatic carbocycles. The molecule has 8 nitrogen and oxygen atoms in total. The Morgan fingerprint density at radius 3 is 2.47 bits per heavy atom. The van der Waals surface area contributed by atoms with Crippen molar-refractivity contribution in [2.75, 3.05) is 33.0 Å². The van der Waals surface area contributed by atoms with Crippen molar-refractivity contribution in [2.24, 2.45) is 11.8 Å². The van der Waals surface area contributed by atoms with Crippen LogP contribution in [-0.4, -0.2) is 61.9 Å². The van der Waals surface area contributed by atoms with Gasteiger partial charge in [0.05, 0.1) is 31.8 Å². The zero-order chi connectivity index (χ0) is 22.8. The summed E-state index contributed by atoms with van der Waals surface area (Å²) in [5, 5.41) is 14.2. The Bertz CT molecular complexity index is 536. The Kier molecular flexibility index (Phi) is 16.4. The van der Waals surface area contributed by atoms with Gasteiger partial charge in [-0.1, -0.05) is 26.0 Å². The van der Waals surface area contributed by atoms with Crippen LogP contribution in [0.4, 0.5) is 0 Å². The molecule has 172 valence electrons. The number of hydrogen-bond donors (Lipinski definition) is 3. The summed E-state index contributed by atoms with van der Waals surface area (Å²) in [6, 6.07) is -0.344. The lowest BCUT2D eigenvalue weighted by Gasteiger charge is -2.25. The number of unbranched alkanes of at least 4 members (excludes halogenated alkanes) is 1. The molecule has 0 aromatic heterocycles. The van der Waals surface area contributed by atoms with Gasteiger partial charge < -0.3 is 25.2 Å². The van der Waals surface area contributed by atoms with E-state index >= 15 is 0 Å². The molecular formula is C22H38N2O6. The van der Waals surface area contributed by atoms with Crippen molar-refractivity contribution in [2.45, 2.75) is 52.0 Å². The number of allylic oxidation sites excluding steroid dienone is 2. The van der Waals surface area contributed by atoms with E-state index in [-0.39, 0.29) is 62.6 Å². The monoisotopic (exact) mass is 426 g/mol. The minimum Gasteiger partial charge on any atom is -0.463 e. The maximum atomic E-state index is 12.7. The topological polar surface area (TPSA) is 114 Å². The lowest BCUT2D eigenvalue weighted by Crippen LogP contribution is -2.45. The maximum absolute atomic E-state index is 12.7. The van der Waals surface area contributed by atoms with E-state index in [0.717, 1.165) is 6.42 Å². The highest BCUT2D eigenvalue weighted by molar-refractivity contribution is 5.86. The van der Waals surface area contributed by atoms with E-state index in [1.54, 1.807) is 12.2 Å². The summed E-state index contributed by atoms with van der Waals surface area (Å²) in [7, 11) is 0. The molecule has 2 amide bonds. The van der Waals surface area contributed by atoms with Gasteiger partial charge >= 0.3 is 5.97 Å². The third-order valence-corrected chi connectivity index (χ3v) is 4.40. The first kappa shape index (κ1) is 27.8. The quantitative estimate of drug-likeness (QED) is 0.175. The summed E-state index contributed by atoms with van der Waals surface area (Å²) < 4.78 is 10.4. The number of aliphatic hydroxyl groups is 1. The smallest absolute Gasteiger partial charge is 0.305 e. The van der Waals surface area contributed by atoms with E-state index in [0.29, 0.717) is 25.8 Å². The first-order valence-electron chi connectivity index (χ1n) is 10.5. The summed E-state index contributed by atoms with van der Waals surface area (Å²) in [6.45, 7) is 12.0. The van der Waals surface area contributed by atoms with Gasteiger partial charge in [0.25, 0.3) is 0 Å². The average Bonchev–Trinajstić information content (AvgIpc) is 2.70. The predicted octanol–water partition coefficient (Wildman–Crippen LogP) is 1.73. The number of carbonyl (C=O) groups is 3. The maximum Gasteiger partial charge on any atom is 0.305 e. The summed E-state index contributed by atoms with van der Waals surface area (Å²) in [5.74, 6) is -1.35. The molecule has 0 aliphatic rings. The summed E-state index contributed by atoms with van der Waals surface area (Å²) >= 11 is 0. The molecule has 2 atom stereocenters. The van der Waals surface area contributed by atoms with Crippen LogP contribution in [-0.2, 0) is 23.9 Å². The highest BCUT2D eigenvalue weighted by Gasteiger charge is 2.25. The molecule has 0 aromatic rings. The van der Waals surface area contributed by atoms with E-state index in [2.05, 4.69) is 23.8 Å². The van der Waals surface area contributed by atoms with Crippen LogP contribution in [0.15, 0.2) is 25.3 Å². The van der Waals surface area contributed by atoms with Crippen LogP contribution in [0.25, 0.3) is 0 Å². The molecule has 0 heterocycles. The lowest BCUT2D eigenvalue weighted by molar-refractivity contribution is -0.145. The number of amides is 2. The van der Waals surface area contributed by atoms with Crippen molar-refractivity contribution < 1.29 is 29.0 Å². The molecule has 0 fully saturated rings. The zero-order valence-corrected chi connectivity index (χ0v) is 18.4. The standard InChI is InChI=1S/C22H38N2O6/c1-5-7-8-10-21(27)30-16-19(17(3)4)24-22(28)18(9-6-2)15-20(26)23-11-13-29-14-12-25/h5-6,17-19,25H,1-2,7-16H2,3-4H3,(H,23,26)(H,24,28). The largest absolute Gasteiger partial charge is 0.463 e. The Morgan fingerprint density at radius 1 is 1.13 bits per heavy atom. The molecular weight excluding hydrogens is 388 g/mol. The zero-order valence-electron chi connectivity index (χ0n) is 18.4. The lowest BCUT2D eigenvalue weighted by atomic mass is 9.97. The fraction of sp³-hybridized carbons (Fsp3) is 0.682. The Morgan fingerprint density at radius 2 is 1.87 bits per heavy atom. The van der Waals surface area contributed by atoms with Crippen LogP contribution in [0.1, 0.15) is 46.0 Å². The van der Waals surface area contributed by atoms with Crippen molar-refractivity contribution in [1.29, 1.82) is 0 Å². The first-order chi connectivity index (χ1) is 14.3. The Labute approximate surface area is 180 Å². The molecule has 30 heavy (non-hydrogen) atoms. The second-order valence-electron chi connectivity index (χ2n) is 7.33. The van der Waals surface area contributed by atoms with Crippen LogP contribution in [0.2, 0.25) is 0 Å². The van der Waals surface area contributed by atoms with Crippen molar-refractivity contribution in [1.82, 2.24) is 10.6 Å². The molecule has 8 heteroatoms. The number of hydrogen-bond acceptors (Lipinski definition) is 6. The number of aliphatic hydroxyl groups excluding tert-OH is 1. The molecule has 0 rings (SSSR count). The van der Waals surface area contributed by atoms with E-state index in [1.807, 2.05) is 13.8 Å². The second-order valence-corrected chi connectivity index (χ2v) is 7.33. The van der Waals surface area contributed by atoms with E-state index in [9.17, 15) is 14.4 Å². The SMILES string of the molecule is C=CCCCC(=O)OCC(NC(=O)C(CC=C)CC(=O)NCCOCCO)C(C)C. The van der Waals surface area contributed by atoms with Gasteiger partial charge in [-0.25, -0.2) is 0 Å². The Hall–Kier alpha value is -2.19. The normalized spacial score (nSPS) is 12.7. The van der Waals surface area contributed by atoms with Crippen LogP contribution < -0.4 is 10.6 Å². The number of nitrogens with one attached hydrogen (secondary N) is 2. The van der Waals surface area contributed by atoms with Crippen molar-refractivity contribution in [3.05, 3.63) is 25.3 Å². The van der Waals surface area contributed by atoms with Crippen molar-refractivity contribution in [3.8, 4) is 0 Å². The van der Waals surface area contributed by atoms with E-state index < -0.39 is 5.92 Å². The van der Waals surface area contributed by atoms with Gasteiger partial charge in [-0.2, -0.15) is 0 Å². The van der Waals surface area contributed by atoms with Gasteiger partial charge in [-0.15, -0.1) is 13.2 Å². The van der Waals surface area contributed by atoms with Crippen molar-refractivity contribution in [3.63, 3.8) is 0 Å². The molecule has 0 saturated carbocycles. The predicted molar refractivity (Wildman–Crippen MR) is 116 cm³/mol. The second kappa shape index (κ2) is 17.7. The molecule has 0 bridgehead atoms. The minimum absolute atomic E-state index is 0.0179. The van der Waals surface area contributed by atoms with Gasteiger partial charge in [0.15, 0.2) is 0 Å². The van der Waals surface area contributed by atoms with E-state index in [1.165, 1.54) is 0 Å². The number of carbonyl (C=O) groups excluding carboxylic acids is 3. The molecule has 0 aliphatic heterocycles. The fourth-order valence-electron chi connectivity index (χ4n) is 2.56. The molecule has 2 unspecified atom stereocenters. The molecule has 0 spiro atoms. The highest BCUT2D eigenvalue weighted by atomic mass is 16.5. The molecule has 0 radical (unpaired) electrons. The highest BCUT2D eigenvalue weighted by Crippen LogP contribution is 2.12. The molecule has 3 N–H and O–H groups in total. The number of ether oxygens (including phenoxy) is 2. The fourth-order valence-corrected chi connectivity index (χ4v) is 2.56. The molecule has 0 saturated heterocycles. The van der Waals surface area contributed by atoms with Gasteiger partial charge in [0.2, 0.25) is 11.8 Å². The van der Waals surface area contributed by atoms with Crippen LogP contribution in [0.5, 0.6) is 0 Å². The molecule has 0 aliphatic carbocycles. The first-order valence-corrected chi connectivity index (χ1v) is 10.5. The van der Waals surface area contributed by atoms with Crippen LogP contribution in [0, 0.1) is 11.8 Å². The van der Waals surface area contributed by atoms with Gasteiger partial charge in [0.1, 0.15) is 6.61 Å². The van der Waals surface area contributed by atoms with Gasteiger partial charge in [-0.05, 0) is 25.2 Å². The average molecular weight is 427 g/mol. The summed E-state index contributed by atoms with van der Waals surface area (Å²) in [5.41, 5.74) is 0. The van der Waals surface area contributed by atoms with Gasteiger partial charge in [-0.3, -0.25) is 14.4 Å². The minimum atomic E-state index is -0.564. The summed E-state index contributed by atoms with van der Waals surface area (Å²) in [4.78, 5) is 36.6. The van der Waals surface area contributed by atoms with Gasteiger partial charge in [0, 0.05) is 19.4 Å². The van der Waals surface area contributed by atoms with Crippen LogP contribution >= 0.6 is 0 Å². The number of rotatable bonds is 18. The van der Waals surface area contributed by atoms with Crippen LogP contribution in [0.3, 0.4) is 0 Å². The third kappa shape index (κ3) is 13.9. The number of esters is 1. The third-order valence-electron chi connectivity index (χ3n) is 4.40. The summed E-state index contributed by atoms with van der Waals surface area (Å²) in [6.07, 6.45) is 5.47. The van der Waals surface area contributed by atoms with Crippen molar-refractivity contribution >= 4 is 17.8 Å².